The molecule has 2 aromatic carbocycles. The first-order chi connectivity index (χ1) is 10.1. The van der Waals surface area contributed by atoms with Crippen molar-refractivity contribution in [1.82, 2.24) is 0 Å². The van der Waals surface area contributed by atoms with E-state index in [0.29, 0.717) is 0 Å². The van der Waals surface area contributed by atoms with Crippen molar-refractivity contribution in [2.75, 3.05) is 5.73 Å². The van der Waals surface area contributed by atoms with Crippen LogP contribution in [-0.2, 0) is 6.18 Å². The topological polar surface area (TPSA) is 35.2 Å². The molecule has 0 saturated carbocycles. The minimum absolute atomic E-state index is 0.0821. The molecule has 0 saturated heterocycles. The Morgan fingerprint density at radius 1 is 0.864 bits per heavy atom. The number of alkyl halides is 6. The maximum atomic E-state index is 12.7. The molecule has 2 aromatic rings. The maximum Gasteiger partial charge on any atom is 0.573 e. The summed E-state index contributed by atoms with van der Waals surface area (Å²) in [6, 6.07) is 7.14. The summed E-state index contributed by atoms with van der Waals surface area (Å²) in [5.74, 6) is -0.624. The molecule has 0 aliphatic carbocycles. The van der Waals surface area contributed by atoms with Crippen molar-refractivity contribution in [1.29, 1.82) is 0 Å². The van der Waals surface area contributed by atoms with E-state index in [4.69, 9.17) is 5.73 Å². The molecule has 0 heterocycles. The van der Waals surface area contributed by atoms with Gasteiger partial charge in [0.05, 0.1) is 5.56 Å². The van der Waals surface area contributed by atoms with E-state index in [1.54, 1.807) is 0 Å². The van der Waals surface area contributed by atoms with Gasteiger partial charge in [-0.05, 0) is 35.9 Å². The van der Waals surface area contributed by atoms with E-state index < -0.39 is 23.9 Å². The molecule has 0 bridgehead atoms. The Bertz CT molecular complexity index is 678. The highest BCUT2D eigenvalue weighted by Crippen LogP contribution is 2.38. The lowest BCUT2D eigenvalue weighted by Crippen LogP contribution is -2.17. The average molecular weight is 321 g/mol. The molecule has 2 nitrogen and oxygen atoms in total. The van der Waals surface area contributed by atoms with Crippen molar-refractivity contribution in [2.24, 2.45) is 0 Å². The fraction of sp³-hybridized carbons (Fsp3) is 0.143. The summed E-state index contributed by atoms with van der Waals surface area (Å²) in [4.78, 5) is 0. The summed E-state index contributed by atoms with van der Waals surface area (Å²) in [5.41, 5.74) is 4.35. The van der Waals surface area contributed by atoms with E-state index in [0.717, 1.165) is 36.4 Å². The van der Waals surface area contributed by atoms with Gasteiger partial charge in [-0.1, -0.05) is 12.1 Å². The SMILES string of the molecule is Nc1ccc(OC(F)(F)F)c(-c2cccc(C(F)(F)F)c2)c1. The minimum atomic E-state index is -4.97. The second kappa shape index (κ2) is 5.43. The van der Waals surface area contributed by atoms with E-state index in [9.17, 15) is 26.3 Å². The lowest BCUT2D eigenvalue weighted by atomic mass is 10.0. The molecule has 22 heavy (non-hydrogen) atoms. The van der Waals surface area contributed by atoms with Crippen LogP contribution in [0.5, 0.6) is 5.75 Å². The van der Waals surface area contributed by atoms with E-state index in [1.807, 2.05) is 0 Å². The molecule has 8 heteroatoms. The standard InChI is InChI=1S/C14H9F6NO/c15-13(16,17)9-3-1-2-8(6-9)11-7-10(21)4-5-12(11)22-14(18,19)20/h1-7H,21H2. The summed E-state index contributed by atoms with van der Waals surface area (Å²) in [6.07, 6.45) is -9.58. The van der Waals surface area contributed by atoms with Crippen LogP contribution in [0.1, 0.15) is 5.56 Å². The van der Waals surface area contributed by atoms with Crippen LogP contribution in [0, 0.1) is 0 Å². The monoisotopic (exact) mass is 321 g/mol. The largest absolute Gasteiger partial charge is 0.573 e. The van der Waals surface area contributed by atoms with Crippen molar-refractivity contribution >= 4 is 5.69 Å². The third-order valence-corrected chi connectivity index (χ3v) is 2.73. The van der Waals surface area contributed by atoms with E-state index in [1.165, 1.54) is 6.07 Å². The molecule has 0 radical (unpaired) electrons. The van der Waals surface area contributed by atoms with E-state index in [-0.39, 0.29) is 16.8 Å². The summed E-state index contributed by atoms with van der Waals surface area (Å²) in [5, 5.41) is 0. The second-order valence-electron chi connectivity index (χ2n) is 4.38. The van der Waals surface area contributed by atoms with Gasteiger partial charge in [-0.25, -0.2) is 0 Å². The molecule has 118 valence electrons. The van der Waals surface area contributed by atoms with Gasteiger partial charge >= 0.3 is 12.5 Å². The van der Waals surface area contributed by atoms with Crippen LogP contribution in [0.15, 0.2) is 42.5 Å². The van der Waals surface area contributed by atoms with Gasteiger partial charge < -0.3 is 10.5 Å². The van der Waals surface area contributed by atoms with Crippen LogP contribution in [0.25, 0.3) is 11.1 Å². The Morgan fingerprint density at radius 3 is 2.14 bits per heavy atom. The van der Waals surface area contributed by atoms with Crippen molar-refractivity contribution in [3.05, 3.63) is 48.0 Å². The first-order valence-electron chi connectivity index (χ1n) is 5.89. The highest BCUT2D eigenvalue weighted by molar-refractivity contribution is 5.74. The van der Waals surface area contributed by atoms with Crippen molar-refractivity contribution in [3.8, 4) is 16.9 Å². The Balaban J connectivity index is 2.54. The van der Waals surface area contributed by atoms with Crippen molar-refractivity contribution in [3.63, 3.8) is 0 Å². The van der Waals surface area contributed by atoms with Crippen LogP contribution in [0.3, 0.4) is 0 Å². The fourth-order valence-electron chi connectivity index (χ4n) is 1.85. The van der Waals surface area contributed by atoms with Crippen molar-refractivity contribution < 1.29 is 31.1 Å². The predicted octanol–water partition coefficient (Wildman–Crippen LogP) is 4.85. The van der Waals surface area contributed by atoms with Crippen LogP contribution in [0.2, 0.25) is 0 Å². The number of nitrogen functional groups attached to an aromatic ring is 1. The number of nitrogens with two attached hydrogens (primary N) is 1. The third-order valence-electron chi connectivity index (χ3n) is 2.73. The van der Waals surface area contributed by atoms with Gasteiger partial charge in [0.2, 0.25) is 0 Å². The Labute approximate surface area is 121 Å². The molecule has 0 aliphatic rings. The molecule has 0 aromatic heterocycles. The minimum Gasteiger partial charge on any atom is -0.405 e. The van der Waals surface area contributed by atoms with Crippen LogP contribution in [0.4, 0.5) is 32.0 Å². The summed E-state index contributed by atoms with van der Waals surface area (Å²) in [6.45, 7) is 0. The molecular weight excluding hydrogens is 312 g/mol. The number of rotatable bonds is 2. The Morgan fingerprint density at radius 2 is 1.55 bits per heavy atom. The number of anilines is 1. The Hall–Kier alpha value is -2.38. The number of hydrogen-bond acceptors (Lipinski definition) is 2. The third kappa shape index (κ3) is 3.84. The zero-order chi connectivity index (χ0) is 16.5. The summed E-state index contributed by atoms with van der Waals surface area (Å²) >= 11 is 0. The van der Waals surface area contributed by atoms with Crippen LogP contribution in [-0.4, -0.2) is 6.36 Å². The molecule has 0 unspecified atom stereocenters. The molecule has 0 aliphatic heterocycles. The number of hydrogen-bond donors (Lipinski definition) is 1. The molecule has 2 rings (SSSR count). The molecule has 0 spiro atoms. The molecule has 0 amide bonds. The lowest BCUT2D eigenvalue weighted by molar-refractivity contribution is -0.274. The van der Waals surface area contributed by atoms with Gasteiger partial charge in [0, 0.05) is 11.3 Å². The van der Waals surface area contributed by atoms with Gasteiger partial charge in [0.1, 0.15) is 5.75 Å². The quantitative estimate of drug-likeness (QED) is 0.634. The predicted molar refractivity (Wildman–Crippen MR) is 68.0 cm³/mol. The molecule has 2 N–H and O–H groups in total. The maximum absolute atomic E-state index is 12.7. The molecule has 0 fully saturated rings. The smallest absolute Gasteiger partial charge is 0.405 e. The average Bonchev–Trinajstić information content (AvgIpc) is 2.38. The lowest BCUT2D eigenvalue weighted by Gasteiger charge is -2.15. The fourth-order valence-corrected chi connectivity index (χ4v) is 1.85. The van der Waals surface area contributed by atoms with Crippen LogP contribution < -0.4 is 10.5 Å². The van der Waals surface area contributed by atoms with Crippen LogP contribution >= 0.6 is 0 Å². The summed E-state index contributed by atoms with van der Waals surface area (Å²) in [7, 11) is 0. The van der Waals surface area contributed by atoms with Crippen molar-refractivity contribution in [2.45, 2.75) is 12.5 Å². The highest BCUT2D eigenvalue weighted by Gasteiger charge is 2.33. The first-order valence-corrected chi connectivity index (χ1v) is 5.89. The van der Waals surface area contributed by atoms with E-state index in [2.05, 4.69) is 4.74 Å². The Kier molecular flexibility index (Phi) is 3.95. The zero-order valence-electron chi connectivity index (χ0n) is 10.8. The van der Waals surface area contributed by atoms with Gasteiger partial charge in [0.15, 0.2) is 0 Å². The number of ether oxygens (including phenoxy) is 1. The number of benzene rings is 2. The van der Waals surface area contributed by atoms with Gasteiger partial charge in [-0.3, -0.25) is 0 Å². The first kappa shape index (κ1) is 16.0. The molecule has 0 atom stereocenters. The normalized spacial score (nSPS) is 12.3. The van der Waals surface area contributed by atoms with Gasteiger partial charge in [-0.2, -0.15) is 13.2 Å². The molecular formula is C14H9F6NO. The second-order valence-corrected chi connectivity index (χ2v) is 4.38. The zero-order valence-corrected chi connectivity index (χ0v) is 10.8. The number of halogens is 6. The van der Waals surface area contributed by atoms with Gasteiger partial charge in [0.25, 0.3) is 0 Å². The van der Waals surface area contributed by atoms with E-state index >= 15 is 0 Å². The van der Waals surface area contributed by atoms with Gasteiger partial charge in [-0.15, -0.1) is 13.2 Å². The summed E-state index contributed by atoms with van der Waals surface area (Å²) < 4.78 is 79.0. The highest BCUT2D eigenvalue weighted by atomic mass is 19.4.